The molecule has 0 spiro atoms. The van der Waals surface area contributed by atoms with Crippen molar-refractivity contribution in [2.45, 2.75) is 57.0 Å². The Bertz CT molecular complexity index is 706. The summed E-state index contributed by atoms with van der Waals surface area (Å²) < 4.78 is 0. The molecule has 1 aromatic heterocycles. The Balaban J connectivity index is 1.68. The van der Waals surface area contributed by atoms with Crippen LogP contribution in [-0.2, 0) is 10.2 Å². The second-order valence-electron chi connectivity index (χ2n) is 7.06. The van der Waals surface area contributed by atoms with Crippen LogP contribution in [0.3, 0.4) is 0 Å². The van der Waals surface area contributed by atoms with Gasteiger partial charge in [0.1, 0.15) is 5.01 Å². The Hall–Kier alpha value is -1.79. The molecule has 0 unspecified atom stereocenters. The Morgan fingerprint density at radius 3 is 2.58 bits per heavy atom. The Morgan fingerprint density at radius 2 is 1.92 bits per heavy atom. The first-order valence-electron chi connectivity index (χ1n) is 8.31. The number of nitrogens with zero attached hydrogens (tertiary/aromatic N) is 2. The molecule has 1 amide bonds. The van der Waals surface area contributed by atoms with Crippen LogP contribution in [0.1, 0.15) is 56.5 Å². The van der Waals surface area contributed by atoms with Crippen molar-refractivity contribution in [2.75, 3.05) is 5.32 Å². The van der Waals surface area contributed by atoms with E-state index in [9.17, 15) is 9.90 Å². The van der Waals surface area contributed by atoms with E-state index in [4.69, 9.17) is 0 Å². The molecule has 128 valence electrons. The van der Waals surface area contributed by atoms with Crippen molar-refractivity contribution >= 4 is 22.4 Å². The number of amides is 1. The summed E-state index contributed by atoms with van der Waals surface area (Å²) in [7, 11) is 0. The normalized spacial score (nSPS) is 17.0. The maximum absolute atomic E-state index is 12.2. The van der Waals surface area contributed by atoms with Crippen LogP contribution in [0.15, 0.2) is 30.3 Å². The number of hydrogen-bond acceptors (Lipinski definition) is 5. The van der Waals surface area contributed by atoms with Crippen LogP contribution in [0.2, 0.25) is 0 Å². The number of nitrogens with one attached hydrogen (secondary N) is 1. The molecule has 2 aromatic rings. The highest BCUT2D eigenvalue weighted by molar-refractivity contribution is 7.15. The number of anilines is 1. The number of hydrogen-bond donors (Lipinski definition) is 2. The summed E-state index contributed by atoms with van der Waals surface area (Å²) in [5, 5.41) is 22.8. The minimum absolute atomic E-state index is 0.129. The standard InChI is InChI=1S/C18H23N3O2S/c1-17(2,13-8-4-3-5-9-13)15-20-21-16(24-15)19-14(22)12-18(23)10-6-7-11-18/h3-5,8-9,23H,6-7,10-12H2,1-2H3,(H,19,21,22). The van der Waals surface area contributed by atoms with E-state index in [-0.39, 0.29) is 17.7 Å². The van der Waals surface area contributed by atoms with E-state index in [1.807, 2.05) is 18.2 Å². The van der Waals surface area contributed by atoms with Crippen LogP contribution in [0, 0.1) is 0 Å². The van der Waals surface area contributed by atoms with E-state index in [0.717, 1.165) is 23.4 Å². The van der Waals surface area contributed by atoms with Gasteiger partial charge in [-0.15, -0.1) is 10.2 Å². The monoisotopic (exact) mass is 345 g/mol. The summed E-state index contributed by atoms with van der Waals surface area (Å²) in [6, 6.07) is 10.1. The minimum atomic E-state index is -0.846. The van der Waals surface area contributed by atoms with Crippen molar-refractivity contribution in [1.29, 1.82) is 0 Å². The van der Waals surface area contributed by atoms with E-state index in [2.05, 4.69) is 41.5 Å². The van der Waals surface area contributed by atoms with Crippen LogP contribution in [0.25, 0.3) is 0 Å². The van der Waals surface area contributed by atoms with Crippen molar-refractivity contribution in [2.24, 2.45) is 0 Å². The molecule has 6 heteroatoms. The van der Waals surface area contributed by atoms with Gasteiger partial charge in [0.05, 0.1) is 12.0 Å². The number of carbonyl (C=O) groups excluding carboxylic acids is 1. The molecule has 3 rings (SSSR count). The molecular formula is C18H23N3O2S. The van der Waals surface area contributed by atoms with Gasteiger partial charge < -0.3 is 10.4 Å². The fourth-order valence-electron chi connectivity index (χ4n) is 3.18. The molecule has 5 nitrogen and oxygen atoms in total. The lowest BCUT2D eigenvalue weighted by molar-refractivity contribution is -0.120. The molecule has 1 saturated carbocycles. The van der Waals surface area contributed by atoms with Gasteiger partial charge in [-0.05, 0) is 32.3 Å². The topological polar surface area (TPSA) is 75.1 Å². The number of rotatable bonds is 5. The fourth-order valence-corrected chi connectivity index (χ4v) is 4.06. The van der Waals surface area contributed by atoms with Crippen LogP contribution in [0.5, 0.6) is 0 Å². The number of aromatic nitrogens is 2. The highest BCUT2D eigenvalue weighted by Gasteiger charge is 2.34. The molecule has 0 saturated heterocycles. The lowest BCUT2D eigenvalue weighted by Crippen LogP contribution is -2.30. The summed E-state index contributed by atoms with van der Waals surface area (Å²) in [6.07, 6.45) is 3.49. The Morgan fingerprint density at radius 1 is 1.25 bits per heavy atom. The van der Waals surface area contributed by atoms with Gasteiger partial charge in [0.15, 0.2) is 0 Å². The lowest BCUT2D eigenvalue weighted by Gasteiger charge is -2.21. The van der Waals surface area contributed by atoms with Crippen molar-refractivity contribution in [1.82, 2.24) is 10.2 Å². The van der Waals surface area contributed by atoms with E-state index in [1.54, 1.807) is 0 Å². The molecule has 1 aromatic carbocycles. The second-order valence-corrected chi connectivity index (χ2v) is 8.04. The largest absolute Gasteiger partial charge is 0.389 e. The summed E-state index contributed by atoms with van der Waals surface area (Å²) >= 11 is 1.38. The van der Waals surface area contributed by atoms with Crippen molar-refractivity contribution in [3.8, 4) is 0 Å². The molecule has 24 heavy (non-hydrogen) atoms. The summed E-state index contributed by atoms with van der Waals surface area (Å²) in [6.45, 7) is 4.19. The molecule has 1 heterocycles. The Labute approximate surface area is 146 Å². The maximum atomic E-state index is 12.2. The second kappa shape index (κ2) is 6.61. The Kier molecular flexibility index (Phi) is 4.69. The van der Waals surface area contributed by atoms with Crippen LogP contribution >= 0.6 is 11.3 Å². The molecule has 0 atom stereocenters. The fraction of sp³-hybridized carbons (Fsp3) is 0.500. The molecule has 1 aliphatic carbocycles. The predicted octanol–water partition coefficient (Wildman–Crippen LogP) is 3.50. The van der Waals surface area contributed by atoms with Crippen LogP contribution in [-0.4, -0.2) is 26.8 Å². The molecule has 1 aliphatic rings. The summed E-state index contributed by atoms with van der Waals surface area (Å²) in [4.78, 5) is 12.2. The van der Waals surface area contributed by atoms with Gasteiger partial charge in [0.25, 0.3) is 0 Å². The first-order valence-corrected chi connectivity index (χ1v) is 9.12. The highest BCUT2D eigenvalue weighted by atomic mass is 32.1. The third kappa shape index (κ3) is 3.65. The van der Waals surface area contributed by atoms with Gasteiger partial charge in [0.2, 0.25) is 11.0 Å². The molecule has 1 fully saturated rings. The maximum Gasteiger partial charge on any atom is 0.229 e. The van der Waals surface area contributed by atoms with Crippen molar-refractivity contribution < 1.29 is 9.90 Å². The number of carbonyl (C=O) groups is 1. The van der Waals surface area contributed by atoms with E-state index in [1.165, 1.54) is 11.3 Å². The third-order valence-corrected chi connectivity index (χ3v) is 5.89. The van der Waals surface area contributed by atoms with Gasteiger partial charge >= 0.3 is 0 Å². The average Bonchev–Trinajstić information content (AvgIpc) is 3.18. The zero-order valence-corrected chi connectivity index (χ0v) is 14.9. The molecule has 0 aliphatic heterocycles. The van der Waals surface area contributed by atoms with Crippen molar-refractivity contribution in [3.05, 3.63) is 40.9 Å². The van der Waals surface area contributed by atoms with Gasteiger partial charge in [-0.2, -0.15) is 0 Å². The van der Waals surface area contributed by atoms with Crippen LogP contribution in [0.4, 0.5) is 5.13 Å². The zero-order valence-electron chi connectivity index (χ0n) is 14.1. The van der Waals surface area contributed by atoms with Gasteiger partial charge in [-0.3, -0.25) is 4.79 Å². The van der Waals surface area contributed by atoms with E-state index in [0.29, 0.717) is 18.0 Å². The third-order valence-electron chi connectivity index (χ3n) is 4.73. The van der Waals surface area contributed by atoms with Crippen molar-refractivity contribution in [3.63, 3.8) is 0 Å². The molecular weight excluding hydrogens is 322 g/mol. The molecule has 2 N–H and O–H groups in total. The first-order chi connectivity index (χ1) is 11.4. The smallest absolute Gasteiger partial charge is 0.229 e. The van der Waals surface area contributed by atoms with Gasteiger partial charge in [0, 0.05) is 5.41 Å². The predicted molar refractivity (Wildman–Crippen MR) is 95.1 cm³/mol. The van der Waals surface area contributed by atoms with Gasteiger partial charge in [-0.1, -0.05) is 54.5 Å². The lowest BCUT2D eigenvalue weighted by atomic mass is 9.85. The van der Waals surface area contributed by atoms with E-state index >= 15 is 0 Å². The minimum Gasteiger partial charge on any atom is -0.389 e. The van der Waals surface area contributed by atoms with Gasteiger partial charge in [-0.25, -0.2) is 0 Å². The quantitative estimate of drug-likeness (QED) is 0.870. The summed E-state index contributed by atoms with van der Waals surface area (Å²) in [5.74, 6) is -0.195. The van der Waals surface area contributed by atoms with Crippen LogP contribution < -0.4 is 5.32 Å². The molecule has 0 radical (unpaired) electrons. The first kappa shape index (κ1) is 17.0. The number of aliphatic hydroxyl groups is 1. The van der Waals surface area contributed by atoms with E-state index < -0.39 is 5.60 Å². The highest BCUT2D eigenvalue weighted by Crippen LogP contribution is 2.35. The SMILES string of the molecule is CC(C)(c1ccccc1)c1nnc(NC(=O)CC2(O)CCCC2)s1. The summed E-state index contributed by atoms with van der Waals surface area (Å²) in [5.41, 5.74) is 0.0335. The zero-order chi connectivity index (χ0) is 17.2. The molecule has 0 bridgehead atoms. The number of benzene rings is 1. The average molecular weight is 345 g/mol.